The lowest BCUT2D eigenvalue weighted by molar-refractivity contribution is -0.154. The molecule has 0 aromatic rings. The van der Waals surface area contributed by atoms with Gasteiger partial charge >= 0.3 is 0 Å². The highest BCUT2D eigenvalue weighted by Crippen LogP contribution is 2.62. The lowest BCUT2D eigenvalue weighted by Crippen LogP contribution is -2.55. The Morgan fingerprint density at radius 3 is 2.59 bits per heavy atom. The van der Waals surface area contributed by atoms with Crippen molar-refractivity contribution < 1.29 is 24.2 Å². The Kier molecular flexibility index (Phi) is 5.18. The molecular weight excluding hydrogens is 347 g/mol. The Labute approximate surface area is 161 Å². The van der Waals surface area contributed by atoms with Crippen LogP contribution in [0, 0.1) is 28.6 Å². The monoisotopic (exact) mass is 380 g/mol. The van der Waals surface area contributed by atoms with Gasteiger partial charge < -0.3 is 10.2 Å². The van der Waals surface area contributed by atoms with Crippen LogP contribution in [0.25, 0.3) is 0 Å². The number of Topliss-reactive ketones (excluding diaryl/α,β-unsaturated/α-hetero) is 1. The van der Waals surface area contributed by atoms with E-state index in [0.29, 0.717) is 32.1 Å². The van der Waals surface area contributed by atoms with Gasteiger partial charge in [-0.2, -0.15) is 0 Å². The maximum atomic E-state index is 16.0. The van der Waals surface area contributed by atoms with Crippen LogP contribution in [0.4, 0.5) is 4.39 Å². The third kappa shape index (κ3) is 2.84. The van der Waals surface area contributed by atoms with Gasteiger partial charge in [-0.05, 0) is 62.9 Å². The number of aliphatic hydroxyl groups is 2. The van der Waals surface area contributed by atoms with Crippen LogP contribution >= 0.6 is 0 Å². The number of fused-ring (bicyclic) bond motifs is 1. The van der Waals surface area contributed by atoms with Crippen LogP contribution in [0.5, 0.6) is 0 Å². The van der Waals surface area contributed by atoms with Crippen molar-refractivity contribution in [3.05, 3.63) is 11.6 Å². The minimum atomic E-state index is -1.51. The first-order valence-corrected chi connectivity index (χ1v) is 10.2. The van der Waals surface area contributed by atoms with Crippen LogP contribution in [0.1, 0.15) is 66.2 Å². The first-order chi connectivity index (χ1) is 12.5. The van der Waals surface area contributed by atoms with Gasteiger partial charge in [-0.3, -0.25) is 9.59 Å². The molecule has 0 radical (unpaired) electrons. The van der Waals surface area contributed by atoms with Crippen LogP contribution in [-0.4, -0.2) is 40.2 Å². The van der Waals surface area contributed by atoms with Crippen LogP contribution < -0.4 is 0 Å². The highest BCUT2D eigenvalue weighted by atomic mass is 19.1. The van der Waals surface area contributed by atoms with Crippen molar-refractivity contribution in [2.75, 3.05) is 6.61 Å². The van der Waals surface area contributed by atoms with Gasteiger partial charge in [0.2, 0.25) is 0 Å². The standard InChI is InChI=1S/C22H33FO4/c1-13-11-16(19(23)20(3)7-5-15(26)12-18(13)20)17-6-8-22(27,14(2)25)21(17,4)9-10-24/h12-13,16-17,19,24,27H,5-11H2,1-4H3. The largest absolute Gasteiger partial charge is 0.396 e. The molecule has 0 aromatic heterocycles. The number of alkyl halides is 1. The average Bonchev–Trinajstić information content (AvgIpc) is 2.86. The molecule has 2 N–H and O–H groups in total. The smallest absolute Gasteiger partial charge is 0.161 e. The van der Waals surface area contributed by atoms with Gasteiger partial charge in [-0.1, -0.05) is 26.3 Å². The second-order valence-electron chi connectivity index (χ2n) is 9.64. The highest BCUT2D eigenvalue weighted by Gasteiger charge is 2.63. The Balaban J connectivity index is 2.00. The van der Waals surface area contributed by atoms with E-state index < -0.39 is 22.6 Å². The molecule has 0 heterocycles. The molecule has 3 aliphatic rings. The normalized spacial score (nSPS) is 47.5. The van der Waals surface area contributed by atoms with Gasteiger partial charge in [-0.15, -0.1) is 0 Å². The van der Waals surface area contributed by atoms with Crippen LogP contribution in [0.3, 0.4) is 0 Å². The average molecular weight is 381 g/mol. The molecule has 5 heteroatoms. The van der Waals surface area contributed by atoms with Crippen molar-refractivity contribution in [1.82, 2.24) is 0 Å². The first-order valence-electron chi connectivity index (χ1n) is 10.2. The molecule has 0 aromatic carbocycles. The van der Waals surface area contributed by atoms with Crippen LogP contribution in [0.15, 0.2) is 11.6 Å². The van der Waals surface area contributed by atoms with E-state index >= 15 is 4.39 Å². The number of carbonyl (C=O) groups is 2. The maximum absolute atomic E-state index is 16.0. The van der Waals surface area contributed by atoms with Gasteiger partial charge in [0.25, 0.3) is 0 Å². The summed E-state index contributed by atoms with van der Waals surface area (Å²) in [5, 5.41) is 20.8. The zero-order chi connectivity index (χ0) is 20.2. The predicted octanol–water partition coefficient (Wildman–Crippen LogP) is 3.39. The number of halogens is 1. The quantitative estimate of drug-likeness (QED) is 0.784. The second kappa shape index (κ2) is 6.77. The summed E-state index contributed by atoms with van der Waals surface area (Å²) < 4.78 is 16.0. The fraction of sp³-hybridized carbons (Fsp3) is 0.818. The molecule has 27 heavy (non-hydrogen) atoms. The topological polar surface area (TPSA) is 74.6 Å². The minimum Gasteiger partial charge on any atom is -0.396 e. The molecule has 3 rings (SSSR count). The third-order valence-electron chi connectivity index (χ3n) is 8.32. The van der Waals surface area contributed by atoms with Gasteiger partial charge in [0, 0.05) is 23.9 Å². The van der Waals surface area contributed by atoms with Crippen molar-refractivity contribution in [1.29, 1.82) is 0 Å². The van der Waals surface area contributed by atoms with Crippen molar-refractivity contribution in [3.63, 3.8) is 0 Å². The van der Waals surface area contributed by atoms with Crippen LogP contribution in [-0.2, 0) is 9.59 Å². The number of carbonyl (C=O) groups excluding carboxylic acids is 2. The molecule has 0 spiro atoms. The summed E-state index contributed by atoms with van der Waals surface area (Å²) in [6, 6.07) is 0. The zero-order valence-electron chi connectivity index (χ0n) is 16.9. The van der Waals surface area contributed by atoms with E-state index in [0.717, 1.165) is 5.57 Å². The summed E-state index contributed by atoms with van der Waals surface area (Å²) in [5.41, 5.74) is -2.09. The number of rotatable bonds is 4. The molecule has 0 amide bonds. The summed E-state index contributed by atoms with van der Waals surface area (Å²) in [6.07, 6.45) is 3.21. The summed E-state index contributed by atoms with van der Waals surface area (Å²) in [6.45, 7) is 7.07. The van der Waals surface area contributed by atoms with E-state index in [2.05, 4.69) is 6.92 Å². The van der Waals surface area contributed by atoms with Crippen LogP contribution in [0.2, 0.25) is 0 Å². The molecule has 7 unspecified atom stereocenters. The van der Waals surface area contributed by atoms with E-state index in [4.69, 9.17) is 0 Å². The number of hydrogen-bond acceptors (Lipinski definition) is 4. The third-order valence-corrected chi connectivity index (χ3v) is 8.32. The molecular formula is C22H33FO4. The van der Waals surface area contributed by atoms with E-state index in [1.165, 1.54) is 6.92 Å². The fourth-order valence-corrected chi connectivity index (χ4v) is 6.60. The molecule has 4 nitrogen and oxygen atoms in total. The minimum absolute atomic E-state index is 0.0805. The molecule has 2 fully saturated rings. The van der Waals surface area contributed by atoms with E-state index in [-0.39, 0.29) is 42.3 Å². The number of ketones is 2. The number of aliphatic hydroxyl groups excluding tert-OH is 1. The Hall–Kier alpha value is -1.07. The highest BCUT2D eigenvalue weighted by molar-refractivity contribution is 5.91. The van der Waals surface area contributed by atoms with Crippen molar-refractivity contribution >= 4 is 11.6 Å². The van der Waals surface area contributed by atoms with E-state index in [1.54, 1.807) is 6.08 Å². The van der Waals surface area contributed by atoms with Crippen molar-refractivity contribution in [2.45, 2.75) is 78.0 Å². The Morgan fingerprint density at radius 2 is 2.00 bits per heavy atom. The molecule has 152 valence electrons. The van der Waals surface area contributed by atoms with Gasteiger partial charge in [-0.25, -0.2) is 4.39 Å². The lowest BCUT2D eigenvalue weighted by Gasteiger charge is -2.53. The molecule has 2 saturated carbocycles. The van der Waals surface area contributed by atoms with Gasteiger partial charge in [0.05, 0.1) is 0 Å². The van der Waals surface area contributed by atoms with Crippen molar-refractivity contribution in [2.24, 2.45) is 28.6 Å². The summed E-state index contributed by atoms with van der Waals surface area (Å²) in [5.74, 6) is -0.583. The van der Waals surface area contributed by atoms with E-state index in [9.17, 15) is 19.8 Å². The van der Waals surface area contributed by atoms with Gasteiger partial charge in [0.15, 0.2) is 11.6 Å². The van der Waals surface area contributed by atoms with E-state index in [1.807, 2.05) is 13.8 Å². The Bertz CT molecular complexity index is 673. The molecule has 0 aliphatic heterocycles. The number of hydrogen-bond donors (Lipinski definition) is 2. The van der Waals surface area contributed by atoms with Crippen molar-refractivity contribution in [3.8, 4) is 0 Å². The van der Waals surface area contributed by atoms with Gasteiger partial charge in [0.1, 0.15) is 11.8 Å². The zero-order valence-corrected chi connectivity index (χ0v) is 16.9. The maximum Gasteiger partial charge on any atom is 0.161 e. The summed E-state index contributed by atoms with van der Waals surface area (Å²) >= 11 is 0. The lowest BCUT2D eigenvalue weighted by atomic mass is 9.53. The number of allylic oxidation sites excluding steroid dienone is 2. The predicted molar refractivity (Wildman–Crippen MR) is 101 cm³/mol. The summed E-state index contributed by atoms with van der Waals surface area (Å²) in [7, 11) is 0. The first kappa shape index (κ1) is 20.7. The molecule has 3 aliphatic carbocycles. The Morgan fingerprint density at radius 1 is 1.33 bits per heavy atom. The second-order valence-corrected chi connectivity index (χ2v) is 9.64. The molecule has 0 saturated heterocycles. The summed E-state index contributed by atoms with van der Waals surface area (Å²) in [4.78, 5) is 24.2. The SMILES string of the molecule is CC(=O)C1(O)CCC(C2CC(C)C3=CC(=O)CCC3(C)C2F)C1(C)CCO. The fourth-order valence-electron chi connectivity index (χ4n) is 6.60. The molecule has 0 bridgehead atoms. The molecule has 7 atom stereocenters.